The van der Waals surface area contributed by atoms with Crippen LogP contribution in [0.4, 0.5) is 0 Å². The SMILES string of the molecule is CCOC(=O)Cn1nc(C)n(-c2ccc(C(=O)OCC)cc2)c1=O. The molecule has 0 N–H and O–H groups in total. The summed E-state index contributed by atoms with van der Waals surface area (Å²) in [6, 6.07) is 6.39. The third-order valence-electron chi connectivity index (χ3n) is 3.22. The molecule has 0 bridgehead atoms. The van der Waals surface area contributed by atoms with Crippen LogP contribution in [0.15, 0.2) is 29.1 Å². The van der Waals surface area contributed by atoms with Crippen molar-refractivity contribution in [3.63, 3.8) is 0 Å². The molecule has 2 aromatic rings. The lowest BCUT2D eigenvalue weighted by atomic mass is 10.2. The number of carbonyl (C=O) groups is 2. The van der Waals surface area contributed by atoms with Gasteiger partial charge in [-0.2, -0.15) is 5.10 Å². The van der Waals surface area contributed by atoms with Crippen molar-refractivity contribution in [3.05, 3.63) is 46.1 Å². The van der Waals surface area contributed by atoms with Crippen molar-refractivity contribution in [1.29, 1.82) is 0 Å². The van der Waals surface area contributed by atoms with E-state index in [-0.39, 0.29) is 13.2 Å². The molecule has 1 aromatic carbocycles. The summed E-state index contributed by atoms with van der Waals surface area (Å²) in [5.74, 6) is -0.527. The van der Waals surface area contributed by atoms with Gasteiger partial charge in [0.15, 0.2) is 0 Å². The normalized spacial score (nSPS) is 10.5. The Morgan fingerprint density at radius 3 is 2.29 bits per heavy atom. The minimum absolute atomic E-state index is 0.239. The maximum absolute atomic E-state index is 12.4. The first-order valence-corrected chi connectivity index (χ1v) is 7.57. The Morgan fingerprint density at radius 1 is 1.08 bits per heavy atom. The van der Waals surface area contributed by atoms with E-state index < -0.39 is 17.6 Å². The van der Waals surface area contributed by atoms with Crippen molar-refractivity contribution in [1.82, 2.24) is 14.3 Å². The smallest absolute Gasteiger partial charge is 0.351 e. The van der Waals surface area contributed by atoms with Crippen molar-refractivity contribution in [2.45, 2.75) is 27.3 Å². The van der Waals surface area contributed by atoms with Crippen LogP contribution in [0.3, 0.4) is 0 Å². The number of hydrogen-bond donors (Lipinski definition) is 0. The van der Waals surface area contributed by atoms with E-state index >= 15 is 0 Å². The maximum atomic E-state index is 12.4. The molecule has 0 atom stereocenters. The van der Waals surface area contributed by atoms with E-state index in [0.717, 1.165) is 4.68 Å². The van der Waals surface area contributed by atoms with Crippen LogP contribution in [-0.2, 0) is 20.8 Å². The summed E-state index contributed by atoms with van der Waals surface area (Å²) in [6.07, 6.45) is 0. The first-order chi connectivity index (χ1) is 11.5. The largest absolute Gasteiger partial charge is 0.465 e. The van der Waals surface area contributed by atoms with E-state index in [1.54, 1.807) is 45.0 Å². The summed E-state index contributed by atoms with van der Waals surface area (Å²) in [5.41, 5.74) is 0.482. The number of aromatic nitrogens is 3. The molecule has 0 aliphatic rings. The fourth-order valence-corrected chi connectivity index (χ4v) is 2.21. The zero-order valence-electron chi connectivity index (χ0n) is 13.8. The van der Waals surface area contributed by atoms with Crippen LogP contribution in [0.5, 0.6) is 0 Å². The highest BCUT2D eigenvalue weighted by Crippen LogP contribution is 2.10. The lowest BCUT2D eigenvalue weighted by Gasteiger charge is -2.05. The van der Waals surface area contributed by atoms with Gasteiger partial charge < -0.3 is 9.47 Å². The van der Waals surface area contributed by atoms with E-state index in [1.165, 1.54) is 4.57 Å². The van der Waals surface area contributed by atoms with Crippen molar-refractivity contribution in [2.75, 3.05) is 13.2 Å². The van der Waals surface area contributed by atoms with Gasteiger partial charge in [0.05, 0.1) is 24.5 Å². The van der Waals surface area contributed by atoms with Crippen LogP contribution in [0.25, 0.3) is 5.69 Å². The van der Waals surface area contributed by atoms with Crippen LogP contribution in [-0.4, -0.2) is 39.5 Å². The molecule has 2 rings (SSSR count). The Morgan fingerprint density at radius 2 is 1.71 bits per heavy atom. The predicted molar refractivity (Wildman–Crippen MR) is 85.2 cm³/mol. The van der Waals surface area contributed by atoms with Gasteiger partial charge in [0.2, 0.25) is 0 Å². The van der Waals surface area contributed by atoms with Gasteiger partial charge in [-0.25, -0.2) is 18.8 Å². The monoisotopic (exact) mass is 333 g/mol. The number of esters is 2. The van der Waals surface area contributed by atoms with Crippen molar-refractivity contribution >= 4 is 11.9 Å². The quantitative estimate of drug-likeness (QED) is 0.735. The minimum atomic E-state index is -0.526. The van der Waals surface area contributed by atoms with Crippen molar-refractivity contribution < 1.29 is 19.1 Å². The van der Waals surface area contributed by atoms with Crippen LogP contribution < -0.4 is 5.69 Å². The minimum Gasteiger partial charge on any atom is -0.465 e. The van der Waals surface area contributed by atoms with E-state index in [1.807, 2.05) is 0 Å². The average molecular weight is 333 g/mol. The van der Waals surface area contributed by atoms with Gasteiger partial charge in [-0.05, 0) is 45.0 Å². The zero-order valence-corrected chi connectivity index (χ0v) is 13.8. The third-order valence-corrected chi connectivity index (χ3v) is 3.22. The zero-order chi connectivity index (χ0) is 17.7. The summed E-state index contributed by atoms with van der Waals surface area (Å²) < 4.78 is 12.1. The molecule has 8 nitrogen and oxygen atoms in total. The molecule has 0 saturated carbocycles. The molecule has 0 fully saturated rings. The number of hydrogen-bond acceptors (Lipinski definition) is 6. The number of carbonyl (C=O) groups excluding carboxylic acids is 2. The average Bonchev–Trinajstić information content (AvgIpc) is 2.82. The first-order valence-electron chi connectivity index (χ1n) is 7.57. The van der Waals surface area contributed by atoms with E-state index in [9.17, 15) is 14.4 Å². The molecular weight excluding hydrogens is 314 g/mol. The van der Waals surface area contributed by atoms with Gasteiger partial charge in [-0.1, -0.05) is 0 Å². The van der Waals surface area contributed by atoms with Gasteiger partial charge in [0, 0.05) is 0 Å². The molecule has 0 saturated heterocycles. The Balaban J connectivity index is 2.29. The Hall–Kier alpha value is -2.90. The standard InChI is InChI=1S/C16H19N3O5/c1-4-23-14(20)10-18-16(22)19(11(3)17-18)13-8-6-12(7-9-13)15(21)24-5-2/h6-9H,4-5,10H2,1-3H3. The number of rotatable bonds is 6. The summed E-state index contributed by atoms with van der Waals surface area (Å²) >= 11 is 0. The van der Waals surface area contributed by atoms with Crippen LogP contribution in [0.1, 0.15) is 30.0 Å². The van der Waals surface area contributed by atoms with E-state index in [4.69, 9.17) is 9.47 Å². The maximum Gasteiger partial charge on any atom is 0.351 e. The third kappa shape index (κ3) is 3.70. The Bertz CT molecular complexity index is 789. The van der Waals surface area contributed by atoms with Gasteiger partial charge in [-0.15, -0.1) is 0 Å². The highest BCUT2D eigenvalue weighted by Gasteiger charge is 2.15. The molecule has 8 heteroatoms. The Kier molecular flexibility index (Phi) is 5.51. The second-order valence-electron chi connectivity index (χ2n) is 4.90. The summed E-state index contributed by atoms with van der Waals surface area (Å²) in [6.45, 7) is 5.36. The number of nitrogens with zero attached hydrogens (tertiary/aromatic N) is 3. The van der Waals surface area contributed by atoms with Gasteiger partial charge in [0.25, 0.3) is 0 Å². The number of ether oxygens (including phenoxy) is 2. The fraction of sp³-hybridized carbons (Fsp3) is 0.375. The van der Waals surface area contributed by atoms with E-state index in [2.05, 4.69) is 5.10 Å². The molecular formula is C16H19N3O5. The molecule has 0 unspecified atom stereocenters. The van der Waals surface area contributed by atoms with Gasteiger partial charge in [0.1, 0.15) is 12.4 Å². The van der Waals surface area contributed by atoms with Crippen LogP contribution >= 0.6 is 0 Å². The highest BCUT2D eigenvalue weighted by molar-refractivity contribution is 5.89. The van der Waals surface area contributed by atoms with Crippen molar-refractivity contribution in [3.8, 4) is 5.69 Å². The number of aryl methyl sites for hydroxylation is 1. The van der Waals surface area contributed by atoms with Gasteiger partial charge in [-0.3, -0.25) is 4.79 Å². The Labute approximate surface area is 138 Å². The second kappa shape index (κ2) is 7.58. The number of benzene rings is 1. The summed E-state index contributed by atoms with van der Waals surface area (Å²) in [5, 5.41) is 4.07. The molecule has 24 heavy (non-hydrogen) atoms. The molecule has 0 aliphatic carbocycles. The van der Waals surface area contributed by atoms with E-state index in [0.29, 0.717) is 23.7 Å². The van der Waals surface area contributed by atoms with Crippen molar-refractivity contribution in [2.24, 2.45) is 0 Å². The van der Waals surface area contributed by atoms with Gasteiger partial charge >= 0.3 is 17.6 Å². The molecule has 0 radical (unpaired) electrons. The molecule has 128 valence electrons. The van der Waals surface area contributed by atoms with Crippen LogP contribution in [0, 0.1) is 6.92 Å². The molecule has 1 aromatic heterocycles. The highest BCUT2D eigenvalue weighted by atomic mass is 16.5. The van der Waals surface area contributed by atoms with Crippen LogP contribution in [0.2, 0.25) is 0 Å². The molecule has 0 spiro atoms. The lowest BCUT2D eigenvalue weighted by molar-refractivity contribution is -0.144. The predicted octanol–water partition coefficient (Wildman–Crippen LogP) is 1.08. The topological polar surface area (TPSA) is 92.4 Å². The molecule has 1 heterocycles. The fourth-order valence-electron chi connectivity index (χ4n) is 2.21. The second-order valence-corrected chi connectivity index (χ2v) is 4.90. The lowest BCUT2D eigenvalue weighted by Crippen LogP contribution is -2.28. The molecule has 0 aliphatic heterocycles. The first kappa shape index (κ1) is 17.5. The summed E-state index contributed by atoms with van der Waals surface area (Å²) in [7, 11) is 0. The summed E-state index contributed by atoms with van der Waals surface area (Å²) in [4.78, 5) is 35.6. The molecule has 0 amide bonds.